The van der Waals surface area contributed by atoms with Crippen LogP contribution in [0.3, 0.4) is 0 Å². The van der Waals surface area contributed by atoms with Crippen LogP contribution < -0.4 is 16.0 Å². The predicted octanol–water partition coefficient (Wildman–Crippen LogP) is 2.31. The average molecular weight is 291 g/mol. The third-order valence-corrected chi connectivity index (χ3v) is 3.81. The van der Waals surface area contributed by atoms with E-state index in [4.69, 9.17) is 5.73 Å². The van der Waals surface area contributed by atoms with E-state index in [1.165, 1.54) is 5.56 Å². The molecule has 0 saturated heterocycles. The van der Waals surface area contributed by atoms with Crippen molar-refractivity contribution in [3.05, 3.63) is 29.8 Å². The topological polar surface area (TPSA) is 58.4 Å². The number of rotatable bonds is 8. The number of nitrogens with one attached hydrogen (secondary N) is 1. The number of hydrogen-bond donors (Lipinski definition) is 2. The first-order valence-corrected chi connectivity index (χ1v) is 7.75. The minimum atomic E-state index is 0.0662. The molecular weight excluding hydrogens is 262 g/mol. The smallest absolute Gasteiger partial charge is 0.239 e. The van der Waals surface area contributed by atoms with E-state index in [2.05, 4.69) is 43.1 Å². The van der Waals surface area contributed by atoms with E-state index in [0.717, 1.165) is 18.7 Å². The zero-order valence-corrected chi connectivity index (χ0v) is 13.7. The van der Waals surface area contributed by atoms with Crippen LogP contribution in [0.5, 0.6) is 0 Å². The Morgan fingerprint density at radius 3 is 2.52 bits per heavy atom. The molecule has 0 aliphatic rings. The van der Waals surface area contributed by atoms with E-state index in [9.17, 15) is 4.79 Å². The normalized spacial score (nSPS) is 12.3. The van der Waals surface area contributed by atoms with Crippen molar-refractivity contribution < 1.29 is 4.79 Å². The van der Waals surface area contributed by atoms with Crippen LogP contribution >= 0.6 is 0 Å². The van der Waals surface area contributed by atoms with Crippen LogP contribution in [0.4, 0.5) is 5.69 Å². The fourth-order valence-corrected chi connectivity index (χ4v) is 2.12. The maximum absolute atomic E-state index is 12.2. The number of nitrogens with two attached hydrogens (primary N) is 1. The summed E-state index contributed by atoms with van der Waals surface area (Å²) < 4.78 is 0. The number of benzene rings is 1. The summed E-state index contributed by atoms with van der Waals surface area (Å²) in [6, 6.07) is 8.34. The molecular formula is C17H29N3O. The summed E-state index contributed by atoms with van der Waals surface area (Å²) in [5.41, 5.74) is 7.91. The summed E-state index contributed by atoms with van der Waals surface area (Å²) >= 11 is 0. The Morgan fingerprint density at radius 2 is 1.95 bits per heavy atom. The van der Waals surface area contributed by atoms with Gasteiger partial charge >= 0.3 is 0 Å². The molecule has 0 aliphatic carbocycles. The number of hydrogen-bond acceptors (Lipinski definition) is 3. The lowest BCUT2D eigenvalue weighted by Gasteiger charge is -2.27. The van der Waals surface area contributed by atoms with Crippen molar-refractivity contribution in [3.8, 4) is 0 Å². The number of nitrogens with zero attached hydrogens (tertiary/aromatic N) is 1. The van der Waals surface area contributed by atoms with Crippen LogP contribution in [0.25, 0.3) is 0 Å². The van der Waals surface area contributed by atoms with Crippen molar-refractivity contribution in [3.63, 3.8) is 0 Å². The van der Waals surface area contributed by atoms with Gasteiger partial charge in [-0.2, -0.15) is 0 Å². The van der Waals surface area contributed by atoms with Gasteiger partial charge in [0.1, 0.15) is 0 Å². The van der Waals surface area contributed by atoms with E-state index in [0.29, 0.717) is 19.0 Å². The van der Waals surface area contributed by atoms with Crippen LogP contribution in [0, 0.1) is 12.8 Å². The van der Waals surface area contributed by atoms with Crippen LogP contribution in [-0.2, 0) is 4.79 Å². The highest BCUT2D eigenvalue weighted by atomic mass is 16.2. The molecule has 1 atom stereocenters. The van der Waals surface area contributed by atoms with Crippen molar-refractivity contribution in [2.45, 2.75) is 40.2 Å². The molecule has 0 fully saturated rings. The molecule has 4 nitrogen and oxygen atoms in total. The van der Waals surface area contributed by atoms with Gasteiger partial charge < -0.3 is 16.0 Å². The lowest BCUT2D eigenvalue weighted by molar-refractivity contribution is -0.120. The Labute approximate surface area is 128 Å². The summed E-state index contributed by atoms with van der Waals surface area (Å²) in [5.74, 6) is 0.501. The van der Waals surface area contributed by atoms with Crippen LogP contribution in [-0.4, -0.2) is 31.6 Å². The van der Waals surface area contributed by atoms with Crippen molar-refractivity contribution in [1.82, 2.24) is 5.32 Å². The second-order valence-electron chi connectivity index (χ2n) is 5.95. The molecule has 0 bridgehead atoms. The molecule has 0 heterocycles. The zero-order valence-electron chi connectivity index (χ0n) is 13.7. The van der Waals surface area contributed by atoms with Crippen molar-refractivity contribution in [2.75, 3.05) is 24.5 Å². The molecule has 1 aromatic carbocycles. The zero-order chi connectivity index (χ0) is 15.8. The number of carbonyl (C=O) groups excluding carboxylic acids is 1. The van der Waals surface area contributed by atoms with Gasteiger partial charge in [0.2, 0.25) is 5.91 Å². The van der Waals surface area contributed by atoms with E-state index >= 15 is 0 Å². The molecule has 3 N–H and O–H groups in total. The largest absolute Gasteiger partial charge is 0.362 e. The summed E-state index contributed by atoms with van der Waals surface area (Å²) in [4.78, 5) is 14.3. The van der Waals surface area contributed by atoms with Gasteiger partial charge in [-0.15, -0.1) is 0 Å². The number of para-hydroxylation sites is 1. The molecule has 0 saturated carbocycles. The van der Waals surface area contributed by atoms with Crippen LogP contribution in [0.15, 0.2) is 24.3 Å². The van der Waals surface area contributed by atoms with Crippen LogP contribution in [0.1, 0.15) is 32.8 Å². The molecule has 4 heteroatoms. The predicted molar refractivity (Wildman–Crippen MR) is 89.5 cm³/mol. The fraction of sp³-hybridized carbons (Fsp3) is 0.588. The Morgan fingerprint density at radius 1 is 1.29 bits per heavy atom. The SMILES string of the molecule is Cc1ccccc1N(CCCN)CC(=O)NC(C)C(C)C. The number of amides is 1. The first kappa shape index (κ1) is 17.5. The maximum atomic E-state index is 12.2. The van der Waals surface area contributed by atoms with Crippen molar-refractivity contribution in [1.29, 1.82) is 0 Å². The van der Waals surface area contributed by atoms with Gasteiger partial charge in [-0.25, -0.2) is 0 Å². The van der Waals surface area contributed by atoms with Gasteiger partial charge in [0.05, 0.1) is 6.54 Å². The Balaban J connectivity index is 2.75. The first-order valence-electron chi connectivity index (χ1n) is 7.75. The summed E-state index contributed by atoms with van der Waals surface area (Å²) in [6.07, 6.45) is 0.876. The number of aryl methyl sites for hydroxylation is 1. The van der Waals surface area contributed by atoms with Gasteiger partial charge in [0.25, 0.3) is 0 Å². The third kappa shape index (κ3) is 5.76. The summed E-state index contributed by atoms with van der Waals surface area (Å²) in [6.45, 7) is 10.1. The molecule has 1 amide bonds. The Hall–Kier alpha value is -1.55. The van der Waals surface area contributed by atoms with E-state index in [1.807, 2.05) is 19.1 Å². The molecule has 0 radical (unpaired) electrons. The minimum Gasteiger partial charge on any atom is -0.362 e. The second kappa shape index (κ2) is 8.67. The van der Waals surface area contributed by atoms with Gasteiger partial charge in [0.15, 0.2) is 0 Å². The van der Waals surface area contributed by atoms with Gasteiger partial charge in [0, 0.05) is 18.3 Å². The van der Waals surface area contributed by atoms with Crippen LogP contribution in [0.2, 0.25) is 0 Å². The molecule has 1 rings (SSSR count). The third-order valence-electron chi connectivity index (χ3n) is 3.81. The number of anilines is 1. The molecule has 118 valence electrons. The molecule has 1 aromatic rings. The van der Waals surface area contributed by atoms with E-state index < -0.39 is 0 Å². The van der Waals surface area contributed by atoms with E-state index in [-0.39, 0.29) is 11.9 Å². The van der Waals surface area contributed by atoms with Crippen molar-refractivity contribution in [2.24, 2.45) is 11.7 Å². The lowest BCUT2D eigenvalue weighted by Crippen LogP contribution is -2.43. The quantitative estimate of drug-likeness (QED) is 0.773. The van der Waals surface area contributed by atoms with Crippen molar-refractivity contribution >= 4 is 11.6 Å². The Kier molecular flexibility index (Phi) is 7.23. The standard InChI is InChI=1S/C17H29N3O/c1-13(2)15(4)19-17(21)12-20(11-7-10-18)16-9-6-5-8-14(16)3/h5-6,8-9,13,15H,7,10-12,18H2,1-4H3,(H,19,21). The number of carbonyl (C=O) groups is 1. The highest BCUT2D eigenvalue weighted by Gasteiger charge is 2.15. The first-order chi connectivity index (χ1) is 9.95. The molecule has 0 aliphatic heterocycles. The summed E-state index contributed by atoms with van der Waals surface area (Å²) in [7, 11) is 0. The highest BCUT2D eigenvalue weighted by Crippen LogP contribution is 2.19. The molecule has 21 heavy (non-hydrogen) atoms. The average Bonchev–Trinajstić information content (AvgIpc) is 2.44. The highest BCUT2D eigenvalue weighted by molar-refractivity contribution is 5.82. The molecule has 0 aromatic heterocycles. The van der Waals surface area contributed by atoms with Gasteiger partial charge in [-0.1, -0.05) is 32.0 Å². The Bertz CT molecular complexity index is 445. The van der Waals surface area contributed by atoms with E-state index in [1.54, 1.807) is 0 Å². The monoisotopic (exact) mass is 291 g/mol. The second-order valence-corrected chi connectivity index (χ2v) is 5.95. The maximum Gasteiger partial charge on any atom is 0.239 e. The lowest BCUT2D eigenvalue weighted by atomic mass is 10.1. The summed E-state index contributed by atoms with van der Waals surface area (Å²) in [5, 5.41) is 3.06. The van der Waals surface area contributed by atoms with Gasteiger partial charge in [-0.3, -0.25) is 4.79 Å². The molecule has 1 unspecified atom stereocenters. The minimum absolute atomic E-state index is 0.0662. The fourth-order valence-electron chi connectivity index (χ4n) is 2.12. The van der Waals surface area contributed by atoms with Gasteiger partial charge in [-0.05, 0) is 44.4 Å². The molecule has 0 spiro atoms.